The third-order valence-corrected chi connectivity index (χ3v) is 1.57. The van der Waals surface area contributed by atoms with E-state index < -0.39 is 13.1 Å². The second-order valence-electron chi connectivity index (χ2n) is 2.65. The summed E-state index contributed by atoms with van der Waals surface area (Å²) in [4.78, 5) is 10.9. The van der Waals surface area contributed by atoms with Crippen LogP contribution in [0.3, 0.4) is 0 Å². The molecule has 6 heteroatoms. The second kappa shape index (κ2) is 4.21. The van der Waals surface area contributed by atoms with Crippen molar-refractivity contribution in [1.82, 2.24) is 0 Å². The first-order valence-electron chi connectivity index (χ1n) is 3.84. The van der Waals surface area contributed by atoms with E-state index in [1.54, 1.807) is 0 Å². The Morgan fingerprint density at radius 3 is 2.64 bits per heavy atom. The maximum atomic E-state index is 12.9. The Morgan fingerprint density at radius 2 is 2.14 bits per heavy atom. The van der Waals surface area contributed by atoms with Gasteiger partial charge in [-0.1, -0.05) is 0 Å². The van der Waals surface area contributed by atoms with Gasteiger partial charge in [-0.25, -0.2) is 4.39 Å². The summed E-state index contributed by atoms with van der Waals surface area (Å²) in [6, 6.07) is 3.42. The van der Waals surface area contributed by atoms with Crippen molar-refractivity contribution < 1.29 is 23.9 Å². The zero-order valence-electron chi connectivity index (χ0n) is 7.40. The first-order valence-corrected chi connectivity index (χ1v) is 3.84. The van der Waals surface area contributed by atoms with Gasteiger partial charge in [-0.3, -0.25) is 4.79 Å². The van der Waals surface area contributed by atoms with Crippen LogP contribution in [0.4, 0.5) is 4.39 Å². The molecule has 0 amide bonds. The van der Waals surface area contributed by atoms with Crippen LogP contribution in [0.2, 0.25) is 0 Å². The molecule has 74 valence electrons. The van der Waals surface area contributed by atoms with Gasteiger partial charge >= 0.3 is 7.32 Å². The predicted molar refractivity (Wildman–Crippen MR) is 47.2 cm³/mol. The number of ketones is 1. The van der Waals surface area contributed by atoms with Gasteiger partial charge in [0, 0.05) is 5.56 Å². The first kappa shape index (κ1) is 10.7. The number of rotatable bonds is 3. The molecule has 1 rings (SSSR count). The first-order chi connectivity index (χ1) is 6.50. The highest BCUT2D eigenvalue weighted by Crippen LogP contribution is 2.19. The van der Waals surface area contributed by atoms with Crippen LogP contribution in [0.15, 0.2) is 18.2 Å². The lowest BCUT2D eigenvalue weighted by Gasteiger charge is -2.06. The molecular formula is C8H8BFO4. The van der Waals surface area contributed by atoms with Gasteiger partial charge in [-0.2, -0.15) is 0 Å². The smallest absolute Gasteiger partial charge is 0.510 e. The Balaban J connectivity index is 3.02. The van der Waals surface area contributed by atoms with E-state index in [9.17, 15) is 9.18 Å². The van der Waals surface area contributed by atoms with Crippen LogP contribution < -0.4 is 4.65 Å². The van der Waals surface area contributed by atoms with Crippen LogP contribution in [0.25, 0.3) is 0 Å². The summed E-state index contributed by atoms with van der Waals surface area (Å²) in [5.74, 6) is -1.39. The summed E-state index contributed by atoms with van der Waals surface area (Å²) in [5, 5.41) is 16.9. The molecule has 0 radical (unpaired) electrons. The van der Waals surface area contributed by atoms with Crippen LogP contribution in [0.1, 0.15) is 17.3 Å². The molecule has 0 spiro atoms. The zero-order chi connectivity index (χ0) is 10.7. The topological polar surface area (TPSA) is 66.8 Å². The fourth-order valence-electron chi connectivity index (χ4n) is 0.926. The summed E-state index contributed by atoms with van der Waals surface area (Å²) < 4.78 is 17.3. The number of carbonyl (C=O) groups is 1. The average molecular weight is 198 g/mol. The molecule has 1 aromatic carbocycles. The Bertz CT molecular complexity index is 353. The fourth-order valence-corrected chi connectivity index (χ4v) is 0.926. The van der Waals surface area contributed by atoms with E-state index in [2.05, 4.69) is 4.65 Å². The lowest BCUT2D eigenvalue weighted by atomic mass is 10.1. The minimum atomic E-state index is -2.10. The number of Topliss-reactive ketones (excluding diaryl/α,β-unsaturated/α-hetero) is 1. The largest absolute Gasteiger partial charge is 0.707 e. The molecule has 0 fully saturated rings. The van der Waals surface area contributed by atoms with Crippen molar-refractivity contribution in [1.29, 1.82) is 0 Å². The standard InChI is InChI=1S/C8H8BFO4/c1-5(11)6-2-3-7(10)8(4-6)14-9(12)13/h2-4,12-13H,1H3. The van der Waals surface area contributed by atoms with Crippen LogP contribution in [-0.4, -0.2) is 23.2 Å². The summed E-state index contributed by atoms with van der Waals surface area (Å²) in [7, 11) is -2.10. The SMILES string of the molecule is CC(=O)c1ccc(F)c(OB(O)O)c1. The minimum Gasteiger partial charge on any atom is -0.510 e. The van der Waals surface area contributed by atoms with Gasteiger partial charge in [-0.05, 0) is 25.1 Å². The predicted octanol–water partition coefficient (Wildman–Crippen LogP) is 0.377. The third-order valence-electron chi connectivity index (χ3n) is 1.57. The molecule has 2 N–H and O–H groups in total. The van der Waals surface area contributed by atoms with Gasteiger partial charge in [0.05, 0.1) is 0 Å². The van der Waals surface area contributed by atoms with Gasteiger partial charge in [0.25, 0.3) is 0 Å². The molecule has 0 aliphatic rings. The van der Waals surface area contributed by atoms with Crippen molar-refractivity contribution in [2.45, 2.75) is 6.92 Å². The Labute approximate surface area is 80.1 Å². The molecule has 0 unspecified atom stereocenters. The normalized spacial score (nSPS) is 9.71. The van der Waals surface area contributed by atoms with E-state index in [1.165, 1.54) is 13.0 Å². The fraction of sp³-hybridized carbons (Fsp3) is 0.125. The summed E-state index contributed by atoms with van der Waals surface area (Å²) in [6.45, 7) is 1.31. The van der Waals surface area contributed by atoms with Crippen LogP contribution in [0, 0.1) is 5.82 Å². The van der Waals surface area contributed by atoms with Crippen LogP contribution in [0.5, 0.6) is 5.75 Å². The molecule has 0 bridgehead atoms. The van der Waals surface area contributed by atoms with E-state index in [0.29, 0.717) is 0 Å². The molecule has 0 aliphatic carbocycles. The Morgan fingerprint density at radius 1 is 1.50 bits per heavy atom. The van der Waals surface area contributed by atoms with Gasteiger partial charge < -0.3 is 14.7 Å². The van der Waals surface area contributed by atoms with Crippen molar-refractivity contribution in [2.75, 3.05) is 0 Å². The van der Waals surface area contributed by atoms with E-state index in [-0.39, 0.29) is 17.1 Å². The Hall–Kier alpha value is -1.40. The monoisotopic (exact) mass is 198 g/mol. The average Bonchev–Trinajstić information content (AvgIpc) is 2.07. The number of hydrogen-bond donors (Lipinski definition) is 2. The molecule has 0 atom stereocenters. The van der Waals surface area contributed by atoms with Crippen molar-refractivity contribution in [3.05, 3.63) is 29.6 Å². The van der Waals surface area contributed by atoms with Gasteiger partial charge in [0.15, 0.2) is 11.6 Å². The molecule has 4 nitrogen and oxygen atoms in total. The minimum absolute atomic E-state index is 0.238. The van der Waals surface area contributed by atoms with E-state index >= 15 is 0 Å². The summed E-state index contributed by atoms with van der Waals surface area (Å²) >= 11 is 0. The molecule has 1 aromatic rings. The molecule has 0 aliphatic heterocycles. The van der Waals surface area contributed by atoms with E-state index in [0.717, 1.165) is 12.1 Å². The number of halogens is 1. The summed E-state index contributed by atoms with van der Waals surface area (Å²) in [5.41, 5.74) is 0.238. The van der Waals surface area contributed by atoms with Gasteiger partial charge in [0.1, 0.15) is 5.75 Å². The zero-order valence-corrected chi connectivity index (χ0v) is 7.40. The van der Waals surface area contributed by atoms with Crippen molar-refractivity contribution in [3.63, 3.8) is 0 Å². The lowest BCUT2D eigenvalue weighted by molar-refractivity contribution is 0.101. The van der Waals surface area contributed by atoms with Gasteiger partial charge in [0.2, 0.25) is 0 Å². The summed E-state index contributed by atoms with van der Waals surface area (Å²) in [6.07, 6.45) is 0. The third kappa shape index (κ3) is 2.55. The molecule has 0 aromatic heterocycles. The van der Waals surface area contributed by atoms with Crippen LogP contribution in [-0.2, 0) is 0 Å². The molecule has 0 heterocycles. The van der Waals surface area contributed by atoms with Crippen molar-refractivity contribution in [2.24, 2.45) is 0 Å². The van der Waals surface area contributed by atoms with Crippen molar-refractivity contribution >= 4 is 13.1 Å². The quantitative estimate of drug-likeness (QED) is 0.544. The highest BCUT2D eigenvalue weighted by molar-refractivity contribution is 6.33. The lowest BCUT2D eigenvalue weighted by Crippen LogP contribution is -2.21. The number of benzene rings is 1. The number of hydrogen-bond acceptors (Lipinski definition) is 4. The number of carbonyl (C=O) groups excluding carboxylic acids is 1. The highest BCUT2D eigenvalue weighted by atomic mass is 19.1. The molecule has 0 saturated heterocycles. The molecule has 14 heavy (non-hydrogen) atoms. The van der Waals surface area contributed by atoms with Gasteiger partial charge in [-0.15, -0.1) is 0 Å². The van der Waals surface area contributed by atoms with E-state index in [1.807, 2.05) is 0 Å². The van der Waals surface area contributed by atoms with E-state index in [4.69, 9.17) is 10.0 Å². The molecule has 0 saturated carbocycles. The highest BCUT2D eigenvalue weighted by Gasteiger charge is 2.15. The molecular weight excluding hydrogens is 190 g/mol. The maximum Gasteiger partial charge on any atom is 0.707 e. The maximum absolute atomic E-state index is 12.9. The van der Waals surface area contributed by atoms with Crippen molar-refractivity contribution in [3.8, 4) is 5.75 Å². The second-order valence-corrected chi connectivity index (χ2v) is 2.65. The van der Waals surface area contributed by atoms with Crippen LogP contribution >= 0.6 is 0 Å². The Kier molecular flexibility index (Phi) is 3.21.